The van der Waals surface area contributed by atoms with Crippen LogP contribution in [0.25, 0.3) is 4.85 Å². The van der Waals surface area contributed by atoms with E-state index in [2.05, 4.69) is 4.85 Å². The van der Waals surface area contributed by atoms with Crippen molar-refractivity contribution in [1.29, 1.82) is 0 Å². The van der Waals surface area contributed by atoms with E-state index < -0.39 is 7.12 Å². The number of ether oxygens (including phenoxy) is 1. The molecule has 0 aliphatic carbocycles. The normalized spacial score (nSPS) is 10.9. The number of benzene rings is 2. The van der Waals surface area contributed by atoms with E-state index in [0.717, 1.165) is 22.5 Å². The Hall–Kier alpha value is -0.480. The van der Waals surface area contributed by atoms with E-state index >= 15 is 0 Å². The molecular weight excluding hydrogens is 350 g/mol. The summed E-state index contributed by atoms with van der Waals surface area (Å²) in [4.78, 5) is 2.75. The third kappa shape index (κ3) is 5.96. The van der Waals surface area contributed by atoms with Crippen LogP contribution in [0, 0.1) is 14.0 Å². The minimum Gasteiger partial charge on any atom is -0.457 e. The van der Waals surface area contributed by atoms with Crippen LogP contribution in [-0.2, 0) is 11.3 Å². The van der Waals surface area contributed by atoms with Gasteiger partial charge < -0.3 is 26.7 Å². The van der Waals surface area contributed by atoms with Crippen LogP contribution < -0.4 is 68.4 Å². The summed E-state index contributed by atoms with van der Waals surface area (Å²) in [6, 6.07) is 15.2. The third-order valence-electron chi connectivity index (χ3n) is 2.76. The first-order valence-corrected chi connectivity index (χ1v) is 6.15. The van der Waals surface area contributed by atoms with Gasteiger partial charge in [-0.3, -0.25) is 0 Å². The SMILES string of the molecule is OB1OCc2cc(Oc3ccccc3)ccc21.[C-]#[N+]C.[CH3-].[Rb+]. The molecule has 0 saturated carbocycles. The molecule has 22 heavy (non-hydrogen) atoms. The number of fused-ring (bicyclic) bond motifs is 1. The van der Waals surface area contributed by atoms with Crippen molar-refractivity contribution in [3.63, 3.8) is 0 Å². The van der Waals surface area contributed by atoms with Crippen LogP contribution >= 0.6 is 0 Å². The summed E-state index contributed by atoms with van der Waals surface area (Å²) in [5.41, 5.74) is 1.80. The first-order valence-electron chi connectivity index (χ1n) is 6.15. The number of nitrogens with zero attached hydrogens (tertiary/aromatic N) is 1. The van der Waals surface area contributed by atoms with Crippen LogP contribution in [0.1, 0.15) is 5.56 Å². The van der Waals surface area contributed by atoms with Gasteiger partial charge in [-0.05, 0) is 35.3 Å². The first kappa shape index (κ1) is 21.5. The molecule has 1 N–H and O–H groups in total. The van der Waals surface area contributed by atoms with Crippen molar-refractivity contribution < 1.29 is 72.6 Å². The summed E-state index contributed by atoms with van der Waals surface area (Å²) in [5.74, 6) is 1.56. The number of hydrogen-bond acceptors (Lipinski definition) is 3. The maximum absolute atomic E-state index is 9.50. The first-order chi connectivity index (χ1) is 9.74. The molecule has 0 bridgehead atoms. The third-order valence-corrected chi connectivity index (χ3v) is 2.76. The van der Waals surface area contributed by atoms with Gasteiger partial charge in [0.05, 0.1) is 6.61 Å². The van der Waals surface area contributed by atoms with Gasteiger partial charge in [-0.15, -0.1) is 0 Å². The van der Waals surface area contributed by atoms with Crippen molar-refractivity contribution in [2.45, 2.75) is 6.61 Å². The molecule has 0 atom stereocenters. The second kappa shape index (κ2) is 11.1. The van der Waals surface area contributed by atoms with Crippen molar-refractivity contribution in [3.8, 4) is 11.5 Å². The smallest absolute Gasteiger partial charge is 0.457 e. The van der Waals surface area contributed by atoms with Gasteiger partial charge in [0.25, 0.3) is 0 Å². The van der Waals surface area contributed by atoms with Crippen molar-refractivity contribution in [2.75, 3.05) is 7.05 Å². The molecule has 108 valence electrons. The Balaban J connectivity index is 0.000000820. The molecule has 6 heteroatoms. The van der Waals surface area contributed by atoms with Crippen molar-refractivity contribution in [3.05, 3.63) is 72.9 Å². The molecule has 3 rings (SSSR count). The van der Waals surface area contributed by atoms with Crippen molar-refractivity contribution in [2.24, 2.45) is 0 Å². The molecule has 0 fully saturated rings. The van der Waals surface area contributed by atoms with Crippen LogP contribution in [0.2, 0.25) is 0 Å². The Morgan fingerprint density at radius 3 is 2.45 bits per heavy atom. The number of rotatable bonds is 2. The van der Waals surface area contributed by atoms with Gasteiger partial charge in [0.1, 0.15) is 11.5 Å². The Bertz CT molecular complexity index is 617. The molecule has 0 saturated heterocycles. The van der Waals surface area contributed by atoms with Crippen molar-refractivity contribution in [1.82, 2.24) is 0 Å². The molecule has 0 spiro atoms. The summed E-state index contributed by atoms with van der Waals surface area (Å²) in [6.07, 6.45) is 0. The molecule has 1 aliphatic heterocycles. The average molecular weight is 368 g/mol. The van der Waals surface area contributed by atoms with Gasteiger partial charge >= 0.3 is 65.3 Å². The van der Waals surface area contributed by atoms with E-state index in [1.807, 2.05) is 48.5 Å². The molecule has 2 aromatic carbocycles. The van der Waals surface area contributed by atoms with Gasteiger partial charge in [-0.1, -0.05) is 24.3 Å². The Morgan fingerprint density at radius 2 is 1.82 bits per heavy atom. The van der Waals surface area contributed by atoms with Gasteiger partial charge in [0.15, 0.2) is 0 Å². The minimum absolute atomic E-state index is 0. The molecular formula is C16H17BNO3Rb. The molecule has 0 amide bonds. The molecule has 1 aliphatic rings. The fourth-order valence-corrected chi connectivity index (χ4v) is 1.89. The summed E-state index contributed by atoms with van der Waals surface area (Å²) in [5, 5.41) is 9.50. The average Bonchev–Trinajstić information content (AvgIpc) is 2.82. The van der Waals surface area contributed by atoms with E-state index in [1.165, 1.54) is 7.05 Å². The largest absolute Gasteiger partial charge is 1.00 e. The summed E-state index contributed by atoms with van der Waals surface area (Å²) < 4.78 is 10.8. The Labute approximate surface area is 181 Å². The predicted octanol–water partition coefficient (Wildman–Crippen LogP) is -0.314. The fourth-order valence-electron chi connectivity index (χ4n) is 1.89. The van der Waals surface area contributed by atoms with Gasteiger partial charge in [0.2, 0.25) is 7.05 Å². The van der Waals surface area contributed by atoms with Crippen LogP contribution in [0.4, 0.5) is 0 Å². The molecule has 0 unspecified atom stereocenters. The molecule has 0 radical (unpaired) electrons. The number of para-hydroxylation sites is 1. The summed E-state index contributed by atoms with van der Waals surface area (Å²) in [7, 11) is 0.621. The van der Waals surface area contributed by atoms with Gasteiger partial charge in [0, 0.05) is 0 Å². The molecule has 4 nitrogen and oxygen atoms in total. The van der Waals surface area contributed by atoms with Crippen molar-refractivity contribution >= 4 is 12.6 Å². The summed E-state index contributed by atoms with van der Waals surface area (Å²) >= 11 is 0. The summed E-state index contributed by atoms with van der Waals surface area (Å²) in [6.45, 7) is 6.27. The molecule has 1 heterocycles. The topological polar surface area (TPSA) is 43.0 Å². The molecule has 2 aromatic rings. The minimum atomic E-state index is -0.796. The number of hydrogen-bond donors (Lipinski definition) is 1. The van der Waals surface area contributed by atoms with E-state index in [-0.39, 0.29) is 65.6 Å². The van der Waals surface area contributed by atoms with E-state index in [4.69, 9.17) is 16.0 Å². The Kier molecular flexibility index (Phi) is 10.9. The zero-order valence-electron chi connectivity index (χ0n) is 13.1. The zero-order valence-corrected chi connectivity index (χ0v) is 18.0. The molecule has 0 aromatic heterocycles. The van der Waals surface area contributed by atoms with Gasteiger partial charge in [-0.2, -0.15) is 0 Å². The second-order valence-corrected chi connectivity index (χ2v) is 4.16. The fraction of sp³-hybridized carbons (Fsp3) is 0.125. The Morgan fingerprint density at radius 1 is 1.18 bits per heavy atom. The van der Waals surface area contributed by atoms with E-state index in [0.29, 0.717) is 6.61 Å². The second-order valence-electron chi connectivity index (χ2n) is 4.16. The monoisotopic (exact) mass is 367 g/mol. The predicted molar refractivity (Wildman–Crippen MR) is 84.3 cm³/mol. The van der Waals surface area contributed by atoms with Crippen LogP contribution in [0.3, 0.4) is 0 Å². The van der Waals surface area contributed by atoms with E-state index in [1.54, 1.807) is 0 Å². The standard InChI is InChI=1S/C13H11BO3.C2H3N.CH3.Rb/c15-14-13-7-6-12(8-10(13)9-16-14)17-11-4-2-1-3-5-11;1-3-2;;/h1-8,15H,9H2;1H3;1H3;/q;;-1;+1. The van der Waals surface area contributed by atoms with Crippen LogP contribution in [0.5, 0.6) is 11.5 Å². The maximum atomic E-state index is 9.50. The quantitative estimate of drug-likeness (QED) is 0.585. The van der Waals surface area contributed by atoms with E-state index in [9.17, 15) is 5.02 Å². The maximum Gasteiger partial charge on any atom is 1.00 e. The zero-order chi connectivity index (χ0) is 14.4. The van der Waals surface area contributed by atoms with Gasteiger partial charge in [-0.25, -0.2) is 6.57 Å². The van der Waals surface area contributed by atoms with Crippen LogP contribution in [-0.4, -0.2) is 19.2 Å². The van der Waals surface area contributed by atoms with Crippen LogP contribution in [0.15, 0.2) is 48.5 Å².